The van der Waals surface area contributed by atoms with Crippen molar-refractivity contribution in [2.75, 3.05) is 0 Å². The standard InChI is InChI=1S/C16H20N4O2/c1-5-10-6-11(14-13(10)21-16(3,4)22-14)20-8-19-12-9(2)17-7-18-15(12)20/h5,7-8,10-11,13-14H,1,6H2,2-4H3/t10-,11+,13+,14-/m0/s1. The lowest BCUT2D eigenvalue weighted by Crippen LogP contribution is -2.27. The Hall–Kier alpha value is -1.79. The molecule has 4 atom stereocenters. The lowest BCUT2D eigenvalue weighted by Gasteiger charge is -2.23. The second-order valence-corrected chi connectivity index (χ2v) is 6.55. The van der Waals surface area contributed by atoms with E-state index in [1.165, 1.54) is 0 Å². The highest BCUT2D eigenvalue weighted by Gasteiger charge is 2.53. The summed E-state index contributed by atoms with van der Waals surface area (Å²) in [4.78, 5) is 13.1. The minimum absolute atomic E-state index is 0.00864. The van der Waals surface area contributed by atoms with Crippen molar-refractivity contribution in [3.05, 3.63) is 31.0 Å². The van der Waals surface area contributed by atoms with E-state index in [1.807, 2.05) is 33.2 Å². The number of nitrogens with zero attached hydrogens (tertiary/aromatic N) is 4. The van der Waals surface area contributed by atoms with E-state index < -0.39 is 5.79 Å². The second-order valence-electron chi connectivity index (χ2n) is 6.55. The van der Waals surface area contributed by atoms with Gasteiger partial charge in [-0.05, 0) is 27.2 Å². The second kappa shape index (κ2) is 4.60. The fourth-order valence-corrected chi connectivity index (χ4v) is 3.71. The van der Waals surface area contributed by atoms with Gasteiger partial charge in [0.05, 0.1) is 24.2 Å². The average molecular weight is 300 g/mol. The van der Waals surface area contributed by atoms with Gasteiger partial charge in [0.1, 0.15) is 17.9 Å². The maximum atomic E-state index is 6.16. The number of rotatable bonds is 2. The van der Waals surface area contributed by atoms with Crippen molar-refractivity contribution < 1.29 is 9.47 Å². The van der Waals surface area contributed by atoms with Crippen LogP contribution in [0, 0.1) is 12.8 Å². The minimum atomic E-state index is -0.559. The van der Waals surface area contributed by atoms with E-state index in [0.29, 0.717) is 0 Å². The van der Waals surface area contributed by atoms with E-state index in [4.69, 9.17) is 9.47 Å². The largest absolute Gasteiger partial charge is 0.344 e. The molecule has 2 aromatic rings. The third kappa shape index (κ3) is 1.90. The molecule has 0 aromatic carbocycles. The maximum Gasteiger partial charge on any atom is 0.163 e. The molecular formula is C16H20N4O2. The van der Waals surface area contributed by atoms with Gasteiger partial charge in [-0.25, -0.2) is 15.0 Å². The Morgan fingerprint density at radius 2 is 2.05 bits per heavy atom. The summed E-state index contributed by atoms with van der Waals surface area (Å²) in [6, 6.07) is 0.147. The highest BCUT2D eigenvalue weighted by molar-refractivity contribution is 5.72. The van der Waals surface area contributed by atoms with Gasteiger partial charge in [-0.2, -0.15) is 0 Å². The molecule has 0 amide bonds. The smallest absolute Gasteiger partial charge is 0.163 e. The average Bonchev–Trinajstić information content (AvgIpc) is 3.10. The molecule has 0 unspecified atom stereocenters. The zero-order valence-corrected chi connectivity index (χ0v) is 13.1. The van der Waals surface area contributed by atoms with Crippen LogP contribution < -0.4 is 0 Å². The molecule has 116 valence electrons. The third-order valence-electron chi connectivity index (χ3n) is 4.68. The van der Waals surface area contributed by atoms with Crippen molar-refractivity contribution in [3.63, 3.8) is 0 Å². The Morgan fingerprint density at radius 3 is 2.82 bits per heavy atom. The van der Waals surface area contributed by atoms with Crippen molar-refractivity contribution in [2.45, 2.75) is 51.2 Å². The summed E-state index contributed by atoms with van der Waals surface area (Å²) >= 11 is 0. The van der Waals surface area contributed by atoms with Crippen LogP contribution >= 0.6 is 0 Å². The van der Waals surface area contributed by atoms with Crippen LogP contribution in [0.5, 0.6) is 0 Å². The summed E-state index contributed by atoms with van der Waals surface area (Å²) in [6.45, 7) is 9.82. The zero-order chi connectivity index (χ0) is 15.5. The summed E-state index contributed by atoms with van der Waals surface area (Å²) in [5, 5.41) is 0. The fourth-order valence-electron chi connectivity index (χ4n) is 3.71. The Morgan fingerprint density at radius 1 is 1.27 bits per heavy atom. The molecule has 1 aliphatic carbocycles. The molecule has 2 fully saturated rings. The first kappa shape index (κ1) is 13.8. The normalized spacial score (nSPS) is 33.2. The molecule has 2 aliphatic rings. The molecule has 1 aliphatic heterocycles. The van der Waals surface area contributed by atoms with Crippen LogP contribution in [-0.4, -0.2) is 37.5 Å². The Kier molecular flexibility index (Phi) is 2.90. The lowest BCUT2D eigenvalue weighted by molar-refractivity contribution is -0.158. The van der Waals surface area contributed by atoms with E-state index in [-0.39, 0.29) is 24.2 Å². The summed E-state index contributed by atoms with van der Waals surface area (Å²) in [6.07, 6.45) is 6.35. The number of ether oxygens (including phenoxy) is 2. The third-order valence-corrected chi connectivity index (χ3v) is 4.68. The Labute approximate surface area is 129 Å². The molecule has 1 saturated carbocycles. The molecule has 22 heavy (non-hydrogen) atoms. The van der Waals surface area contributed by atoms with Crippen LogP contribution in [0.4, 0.5) is 0 Å². The number of hydrogen-bond acceptors (Lipinski definition) is 5. The quantitative estimate of drug-likeness (QED) is 0.797. The van der Waals surface area contributed by atoms with Crippen molar-refractivity contribution in [1.29, 1.82) is 0 Å². The Bertz CT molecular complexity index is 739. The van der Waals surface area contributed by atoms with Gasteiger partial charge >= 0.3 is 0 Å². The van der Waals surface area contributed by atoms with E-state index in [2.05, 4.69) is 26.1 Å². The monoisotopic (exact) mass is 300 g/mol. The van der Waals surface area contributed by atoms with Crippen molar-refractivity contribution in [3.8, 4) is 0 Å². The fraction of sp³-hybridized carbons (Fsp3) is 0.562. The van der Waals surface area contributed by atoms with Crippen LogP contribution in [0.15, 0.2) is 25.3 Å². The SMILES string of the molecule is C=C[C@H]1C[C@@H](n2cnc3c(C)ncnc32)[C@@H]2OC(C)(C)O[C@@H]21. The molecule has 3 heterocycles. The molecule has 2 aromatic heterocycles. The maximum absolute atomic E-state index is 6.16. The van der Waals surface area contributed by atoms with Gasteiger partial charge in [0.25, 0.3) is 0 Å². The van der Waals surface area contributed by atoms with Gasteiger partial charge < -0.3 is 14.0 Å². The number of hydrogen-bond donors (Lipinski definition) is 0. The lowest BCUT2D eigenvalue weighted by atomic mass is 10.1. The van der Waals surface area contributed by atoms with Crippen LogP contribution in [-0.2, 0) is 9.47 Å². The predicted octanol–water partition coefficient (Wildman–Crippen LogP) is 2.40. The summed E-state index contributed by atoms with van der Waals surface area (Å²) in [7, 11) is 0. The van der Waals surface area contributed by atoms with Crippen LogP contribution in [0.1, 0.15) is 32.0 Å². The topological polar surface area (TPSA) is 62.1 Å². The van der Waals surface area contributed by atoms with E-state index in [0.717, 1.165) is 23.3 Å². The summed E-state index contributed by atoms with van der Waals surface area (Å²) in [5.74, 6) is -0.284. The highest BCUT2D eigenvalue weighted by atomic mass is 16.8. The highest BCUT2D eigenvalue weighted by Crippen LogP contribution is 2.47. The first-order chi connectivity index (χ1) is 10.5. The van der Waals surface area contributed by atoms with Gasteiger partial charge in [0, 0.05) is 5.92 Å². The number of aryl methyl sites for hydroxylation is 1. The van der Waals surface area contributed by atoms with Crippen molar-refractivity contribution in [2.24, 2.45) is 5.92 Å². The van der Waals surface area contributed by atoms with Gasteiger partial charge in [0.15, 0.2) is 11.4 Å². The van der Waals surface area contributed by atoms with E-state index >= 15 is 0 Å². The van der Waals surface area contributed by atoms with Gasteiger partial charge in [-0.1, -0.05) is 6.08 Å². The molecule has 6 nitrogen and oxygen atoms in total. The Balaban J connectivity index is 1.78. The molecule has 0 radical (unpaired) electrons. The number of fused-ring (bicyclic) bond motifs is 2. The molecular weight excluding hydrogens is 280 g/mol. The van der Waals surface area contributed by atoms with E-state index in [9.17, 15) is 0 Å². The molecule has 0 N–H and O–H groups in total. The van der Waals surface area contributed by atoms with Crippen molar-refractivity contribution >= 4 is 11.2 Å². The molecule has 1 saturated heterocycles. The van der Waals surface area contributed by atoms with Gasteiger partial charge in [0.2, 0.25) is 0 Å². The molecule has 6 heteroatoms. The van der Waals surface area contributed by atoms with Crippen molar-refractivity contribution in [1.82, 2.24) is 19.5 Å². The van der Waals surface area contributed by atoms with Crippen LogP contribution in [0.3, 0.4) is 0 Å². The van der Waals surface area contributed by atoms with Gasteiger partial charge in [-0.15, -0.1) is 6.58 Å². The van der Waals surface area contributed by atoms with Gasteiger partial charge in [-0.3, -0.25) is 0 Å². The molecule has 0 bridgehead atoms. The minimum Gasteiger partial charge on any atom is -0.344 e. The predicted molar refractivity (Wildman–Crippen MR) is 81.2 cm³/mol. The van der Waals surface area contributed by atoms with Crippen LogP contribution in [0.2, 0.25) is 0 Å². The first-order valence-corrected chi connectivity index (χ1v) is 7.62. The first-order valence-electron chi connectivity index (χ1n) is 7.62. The number of imidazole rings is 1. The summed E-state index contributed by atoms with van der Waals surface area (Å²) < 4.78 is 14.3. The van der Waals surface area contributed by atoms with E-state index in [1.54, 1.807) is 6.33 Å². The molecule has 0 spiro atoms. The molecule has 4 rings (SSSR count). The summed E-state index contributed by atoms with van der Waals surface area (Å²) in [5.41, 5.74) is 2.59. The van der Waals surface area contributed by atoms with Crippen LogP contribution in [0.25, 0.3) is 11.2 Å². The number of aromatic nitrogens is 4. The zero-order valence-electron chi connectivity index (χ0n) is 13.1.